The number of rotatable bonds is 7. The van der Waals surface area contributed by atoms with Crippen LogP contribution in [0.1, 0.15) is 63.4 Å². The highest BCUT2D eigenvalue weighted by atomic mass is 19.1. The second-order valence-electron chi connectivity index (χ2n) is 7.21. The molecule has 0 amide bonds. The summed E-state index contributed by atoms with van der Waals surface area (Å²) in [6.45, 7) is 3.09. The van der Waals surface area contributed by atoms with E-state index in [0.717, 1.165) is 17.7 Å². The van der Waals surface area contributed by atoms with Crippen molar-refractivity contribution < 1.29 is 9.13 Å². The minimum absolute atomic E-state index is 0.191. The Balaban J connectivity index is 1.51. The van der Waals surface area contributed by atoms with Crippen molar-refractivity contribution in [2.75, 3.05) is 6.61 Å². The van der Waals surface area contributed by atoms with Crippen LogP contribution in [0.4, 0.5) is 4.39 Å². The Labute approximate surface area is 151 Å². The van der Waals surface area contributed by atoms with Crippen LogP contribution in [0, 0.1) is 5.82 Å². The molecule has 2 aromatic carbocycles. The Kier molecular flexibility index (Phi) is 6.63. The van der Waals surface area contributed by atoms with Gasteiger partial charge in [0.25, 0.3) is 0 Å². The summed E-state index contributed by atoms with van der Waals surface area (Å²) < 4.78 is 19.2. The van der Waals surface area contributed by atoms with Gasteiger partial charge in [0.15, 0.2) is 0 Å². The molecular formula is C23H29FO. The van der Waals surface area contributed by atoms with Crippen molar-refractivity contribution in [3.05, 3.63) is 59.9 Å². The number of benzene rings is 2. The maximum Gasteiger partial charge on any atom is 0.123 e. The van der Waals surface area contributed by atoms with Gasteiger partial charge in [0.05, 0.1) is 12.7 Å². The first-order valence-electron chi connectivity index (χ1n) is 9.73. The average molecular weight is 340 g/mol. The lowest BCUT2D eigenvalue weighted by Crippen LogP contribution is -2.24. The molecule has 0 bridgehead atoms. The van der Waals surface area contributed by atoms with Crippen LogP contribution in [-0.4, -0.2) is 12.7 Å². The van der Waals surface area contributed by atoms with Gasteiger partial charge in [-0.1, -0.05) is 69.0 Å². The molecule has 2 heteroatoms. The van der Waals surface area contributed by atoms with Gasteiger partial charge in [0.2, 0.25) is 0 Å². The number of unbranched alkanes of at least 4 members (excludes halogenated alkanes) is 3. The number of ether oxygens (including phenoxy) is 1. The van der Waals surface area contributed by atoms with Crippen LogP contribution in [0.15, 0.2) is 48.5 Å². The fraction of sp³-hybridized carbons (Fsp3) is 0.478. The van der Waals surface area contributed by atoms with Crippen LogP contribution in [0.2, 0.25) is 0 Å². The largest absolute Gasteiger partial charge is 0.378 e. The summed E-state index contributed by atoms with van der Waals surface area (Å²) in [4.78, 5) is 0. The third-order valence-electron chi connectivity index (χ3n) is 5.31. The van der Waals surface area contributed by atoms with Crippen LogP contribution in [0.25, 0.3) is 11.1 Å². The molecule has 1 heterocycles. The van der Waals surface area contributed by atoms with Gasteiger partial charge in [-0.2, -0.15) is 0 Å². The van der Waals surface area contributed by atoms with E-state index in [4.69, 9.17) is 4.74 Å². The first-order chi connectivity index (χ1) is 12.3. The molecule has 0 N–H and O–H groups in total. The zero-order chi connectivity index (χ0) is 17.5. The predicted octanol–water partition coefficient (Wildman–Crippen LogP) is 6.73. The van der Waals surface area contributed by atoms with Gasteiger partial charge >= 0.3 is 0 Å². The summed E-state index contributed by atoms with van der Waals surface area (Å²) >= 11 is 0. The quantitative estimate of drug-likeness (QED) is 0.508. The summed E-state index contributed by atoms with van der Waals surface area (Å²) in [7, 11) is 0. The van der Waals surface area contributed by atoms with Crippen molar-refractivity contribution in [1.82, 2.24) is 0 Å². The van der Waals surface area contributed by atoms with Crippen molar-refractivity contribution in [3.63, 3.8) is 0 Å². The predicted molar refractivity (Wildman–Crippen MR) is 102 cm³/mol. The van der Waals surface area contributed by atoms with Crippen LogP contribution >= 0.6 is 0 Å². The molecule has 1 aliphatic heterocycles. The topological polar surface area (TPSA) is 9.23 Å². The lowest BCUT2D eigenvalue weighted by Gasteiger charge is -2.29. The fourth-order valence-electron chi connectivity index (χ4n) is 3.69. The van der Waals surface area contributed by atoms with Crippen molar-refractivity contribution in [2.24, 2.45) is 0 Å². The zero-order valence-electron chi connectivity index (χ0n) is 15.2. The van der Waals surface area contributed by atoms with Crippen LogP contribution < -0.4 is 0 Å². The monoisotopic (exact) mass is 340 g/mol. The van der Waals surface area contributed by atoms with Gasteiger partial charge in [0, 0.05) is 5.92 Å². The first-order valence-corrected chi connectivity index (χ1v) is 9.73. The Morgan fingerprint density at radius 2 is 1.56 bits per heavy atom. The zero-order valence-corrected chi connectivity index (χ0v) is 15.2. The maximum atomic E-state index is 13.0. The molecule has 2 aromatic rings. The molecule has 0 spiro atoms. The minimum atomic E-state index is -0.191. The molecule has 1 saturated heterocycles. The molecule has 134 valence electrons. The molecule has 1 aliphatic rings. The third kappa shape index (κ3) is 5.15. The number of halogens is 1. The Morgan fingerprint density at radius 1 is 0.880 bits per heavy atom. The molecule has 1 fully saturated rings. The van der Waals surface area contributed by atoms with Crippen molar-refractivity contribution in [1.29, 1.82) is 0 Å². The minimum Gasteiger partial charge on any atom is -0.378 e. The molecular weight excluding hydrogens is 311 g/mol. The van der Waals surface area contributed by atoms with Gasteiger partial charge in [-0.3, -0.25) is 0 Å². The molecule has 2 atom stereocenters. The molecule has 25 heavy (non-hydrogen) atoms. The van der Waals surface area contributed by atoms with E-state index in [1.54, 1.807) is 0 Å². The molecule has 0 aliphatic carbocycles. The smallest absolute Gasteiger partial charge is 0.123 e. The van der Waals surface area contributed by atoms with E-state index in [1.807, 2.05) is 12.1 Å². The second-order valence-corrected chi connectivity index (χ2v) is 7.21. The van der Waals surface area contributed by atoms with Gasteiger partial charge in [0.1, 0.15) is 5.82 Å². The van der Waals surface area contributed by atoms with Crippen LogP contribution in [0.3, 0.4) is 0 Å². The number of hydrogen-bond acceptors (Lipinski definition) is 1. The van der Waals surface area contributed by atoms with E-state index >= 15 is 0 Å². The second kappa shape index (κ2) is 9.15. The molecule has 1 nitrogen and oxygen atoms in total. The van der Waals surface area contributed by atoms with Crippen molar-refractivity contribution in [3.8, 4) is 11.1 Å². The van der Waals surface area contributed by atoms with Gasteiger partial charge in [-0.25, -0.2) is 4.39 Å². The third-order valence-corrected chi connectivity index (χ3v) is 5.31. The molecule has 0 radical (unpaired) electrons. The van der Waals surface area contributed by atoms with Gasteiger partial charge in [-0.05, 0) is 48.1 Å². The Morgan fingerprint density at radius 3 is 2.16 bits per heavy atom. The highest BCUT2D eigenvalue weighted by Crippen LogP contribution is 2.31. The van der Waals surface area contributed by atoms with Gasteiger partial charge < -0.3 is 4.74 Å². The highest BCUT2D eigenvalue weighted by Gasteiger charge is 2.22. The van der Waals surface area contributed by atoms with Crippen molar-refractivity contribution >= 4 is 0 Å². The SMILES string of the molecule is CCCCCCC1CCC(c2ccc(-c3ccc(F)cc3)cc2)CO1. The average Bonchev–Trinajstić information content (AvgIpc) is 2.67. The summed E-state index contributed by atoms with van der Waals surface area (Å²) in [5, 5.41) is 0. The summed E-state index contributed by atoms with van der Waals surface area (Å²) in [5.41, 5.74) is 3.55. The summed E-state index contributed by atoms with van der Waals surface area (Å²) in [5.74, 6) is 0.318. The summed E-state index contributed by atoms with van der Waals surface area (Å²) in [6.07, 6.45) is 9.35. The lowest BCUT2D eigenvalue weighted by atomic mass is 9.89. The van der Waals surface area contributed by atoms with E-state index in [2.05, 4.69) is 31.2 Å². The van der Waals surface area contributed by atoms with E-state index in [9.17, 15) is 4.39 Å². The van der Waals surface area contributed by atoms with E-state index in [0.29, 0.717) is 12.0 Å². The highest BCUT2D eigenvalue weighted by molar-refractivity contribution is 5.63. The maximum absolute atomic E-state index is 13.0. The lowest BCUT2D eigenvalue weighted by molar-refractivity contribution is -0.00212. The van der Waals surface area contributed by atoms with Crippen LogP contribution in [0.5, 0.6) is 0 Å². The van der Waals surface area contributed by atoms with Crippen LogP contribution in [-0.2, 0) is 4.74 Å². The molecule has 0 aromatic heterocycles. The number of hydrogen-bond donors (Lipinski definition) is 0. The normalized spacial score (nSPS) is 20.6. The molecule has 3 rings (SSSR count). The fourth-order valence-corrected chi connectivity index (χ4v) is 3.69. The Bertz CT molecular complexity index is 624. The molecule has 0 saturated carbocycles. The van der Waals surface area contributed by atoms with E-state index in [-0.39, 0.29) is 5.82 Å². The summed E-state index contributed by atoms with van der Waals surface area (Å²) in [6, 6.07) is 15.4. The van der Waals surface area contributed by atoms with E-state index in [1.165, 1.54) is 62.6 Å². The first kappa shape index (κ1) is 18.1. The standard InChI is InChI=1S/C23H29FO/c1-2-3-4-5-6-23-16-13-21(17-25-23)20-9-7-18(8-10-20)19-11-14-22(24)15-12-19/h7-12,14-15,21,23H,2-6,13,16-17H2,1H3. The Hall–Kier alpha value is -1.67. The van der Waals surface area contributed by atoms with E-state index < -0.39 is 0 Å². The molecule has 2 unspecified atom stereocenters. The van der Waals surface area contributed by atoms with Crippen molar-refractivity contribution in [2.45, 2.75) is 63.9 Å². The van der Waals surface area contributed by atoms with Gasteiger partial charge in [-0.15, -0.1) is 0 Å².